The molecule has 7 heteroatoms. The van der Waals surface area contributed by atoms with Crippen molar-refractivity contribution in [2.45, 2.75) is 19.1 Å². The molecule has 0 spiro atoms. The predicted octanol–water partition coefficient (Wildman–Crippen LogP) is 3.83. The molecule has 4 nitrogen and oxygen atoms in total. The Kier molecular flexibility index (Phi) is 3.89. The molecule has 2 heterocycles. The van der Waals surface area contributed by atoms with Crippen molar-refractivity contribution in [1.82, 2.24) is 4.90 Å². The zero-order valence-corrected chi connectivity index (χ0v) is 12.1. The Bertz CT molecular complexity index is 776. The Morgan fingerprint density at radius 3 is 2.70 bits per heavy atom. The second kappa shape index (κ2) is 5.73. The van der Waals surface area contributed by atoms with Crippen LogP contribution in [0.5, 0.6) is 0 Å². The average Bonchev–Trinajstić information content (AvgIpc) is 2.90. The first-order valence-electron chi connectivity index (χ1n) is 7.07. The number of carbonyl (C=O) groups is 1. The van der Waals surface area contributed by atoms with Gasteiger partial charge in [0, 0.05) is 30.6 Å². The van der Waals surface area contributed by atoms with Crippen molar-refractivity contribution in [2.75, 3.05) is 13.1 Å². The quantitative estimate of drug-likeness (QED) is 0.872. The molecule has 122 valence electrons. The van der Waals surface area contributed by atoms with Gasteiger partial charge in [0.25, 0.3) is 0 Å². The predicted molar refractivity (Wildman–Crippen MR) is 77.2 cm³/mol. The Hall–Kier alpha value is -2.28. The van der Waals surface area contributed by atoms with Crippen molar-refractivity contribution in [1.29, 1.82) is 0 Å². The highest BCUT2D eigenvalue weighted by molar-refractivity contribution is 5.91. The number of carboxylic acid groups (broad SMARTS) is 1. The van der Waals surface area contributed by atoms with Gasteiger partial charge in [0.2, 0.25) is 5.76 Å². The molecule has 0 saturated heterocycles. The Balaban J connectivity index is 1.73. The van der Waals surface area contributed by atoms with Gasteiger partial charge in [0.15, 0.2) is 0 Å². The van der Waals surface area contributed by atoms with E-state index in [-0.39, 0.29) is 18.7 Å². The van der Waals surface area contributed by atoms with Crippen molar-refractivity contribution in [3.63, 3.8) is 0 Å². The number of fused-ring (bicyclic) bond motifs is 1. The molecule has 1 aromatic carbocycles. The minimum atomic E-state index is -4.24. The number of aromatic carboxylic acids is 1. The maximum absolute atomic E-state index is 12.6. The molecule has 1 N–H and O–H groups in total. The fourth-order valence-electron chi connectivity index (χ4n) is 2.67. The molecule has 1 aliphatic heterocycles. The molecule has 0 amide bonds. The summed E-state index contributed by atoms with van der Waals surface area (Å²) in [5.41, 5.74) is 0.910. The molecule has 0 radical (unpaired) electrons. The highest BCUT2D eigenvalue weighted by atomic mass is 19.4. The first-order valence-corrected chi connectivity index (χ1v) is 7.07. The van der Waals surface area contributed by atoms with Crippen LogP contribution in [0.4, 0.5) is 13.2 Å². The second-order valence-electron chi connectivity index (χ2n) is 5.50. The average molecular weight is 325 g/mol. The van der Waals surface area contributed by atoms with Crippen molar-refractivity contribution in [3.8, 4) is 0 Å². The van der Waals surface area contributed by atoms with Crippen LogP contribution in [-0.2, 0) is 6.54 Å². The van der Waals surface area contributed by atoms with Crippen LogP contribution in [0.15, 0.2) is 40.3 Å². The van der Waals surface area contributed by atoms with E-state index >= 15 is 0 Å². The van der Waals surface area contributed by atoms with Gasteiger partial charge in [-0.1, -0.05) is 12.1 Å². The lowest BCUT2D eigenvalue weighted by Gasteiger charge is -2.27. The molecule has 1 aromatic heterocycles. The van der Waals surface area contributed by atoms with Gasteiger partial charge >= 0.3 is 12.1 Å². The van der Waals surface area contributed by atoms with Crippen LogP contribution in [0.2, 0.25) is 0 Å². The molecule has 0 unspecified atom stereocenters. The maximum Gasteiger partial charge on any atom is 0.412 e. The number of carboxylic acids is 1. The number of rotatable bonds is 3. The summed E-state index contributed by atoms with van der Waals surface area (Å²) in [6.07, 6.45) is -3.03. The number of alkyl halides is 3. The van der Waals surface area contributed by atoms with E-state index in [9.17, 15) is 18.0 Å². The summed E-state index contributed by atoms with van der Waals surface area (Å²) in [7, 11) is 0. The third kappa shape index (κ3) is 3.39. The van der Waals surface area contributed by atoms with Crippen LogP contribution >= 0.6 is 0 Å². The summed E-state index contributed by atoms with van der Waals surface area (Å²) in [5.74, 6) is -1.27. The fourth-order valence-corrected chi connectivity index (χ4v) is 2.67. The van der Waals surface area contributed by atoms with Crippen molar-refractivity contribution >= 4 is 16.9 Å². The van der Waals surface area contributed by atoms with Crippen LogP contribution in [0.25, 0.3) is 11.0 Å². The van der Waals surface area contributed by atoms with Crippen LogP contribution in [0.1, 0.15) is 22.5 Å². The van der Waals surface area contributed by atoms with E-state index in [1.807, 2.05) is 4.90 Å². The van der Waals surface area contributed by atoms with E-state index in [1.54, 1.807) is 18.2 Å². The fraction of sp³-hybridized carbons (Fsp3) is 0.312. The van der Waals surface area contributed by atoms with Gasteiger partial charge < -0.3 is 9.52 Å². The number of hydrogen-bond donors (Lipinski definition) is 1. The highest BCUT2D eigenvalue weighted by Crippen LogP contribution is 2.30. The molecule has 0 bridgehead atoms. The monoisotopic (exact) mass is 325 g/mol. The van der Waals surface area contributed by atoms with E-state index in [4.69, 9.17) is 9.52 Å². The number of nitrogens with zero attached hydrogens (tertiary/aromatic N) is 1. The van der Waals surface area contributed by atoms with E-state index < -0.39 is 17.7 Å². The lowest BCUT2D eigenvalue weighted by atomic mass is 10.1. The summed E-state index contributed by atoms with van der Waals surface area (Å²) in [6.45, 7) is 1.10. The Morgan fingerprint density at radius 2 is 2.09 bits per heavy atom. The summed E-state index contributed by atoms with van der Waals surface area (Å²) in [5, 5.41) is 9.58. The molecule has 3 rings (SSSR count). The van der Waals surface area contributed by atoms with Gasteiger partial charge in [-0.2, -0.15) is 13.2 Å². The largest absolute Gasteiger partial charge is 0.475 e. The Labute approximate surface area is 129 Å². The number of furan rings is 1. The van der Waals surface area contributed by atoms with Crippen LogP contribution in [0, 0.1) is 0 Å². The summed E-state index contributed by atoms with van der Waals surface area (Å²) < 4.78 is 43.0. The second-order valence-corrected chi connectivity index (χ2v) is 5.50. The summed E-state index contributed by atoms with van der Waals surface area (Å²) >= 11 is 0. The van der Waals surface area contributed by atoms with E-state index in [0.29, 0.717) is 24.1 Å². The zero-order valence-electron chi connectivity index (χ0n) is 12.1. The molecule has 23 heavy (non-hydrogen) atoms. The Morgan fingerprint density at radius 1 is 1.30 bits per heavy atom. The van der Waals surface area contributed by atoms with Gasteiger partial charge in [0.05, 0.1) is 0 Å². The van der Waals surface area contributed by atoms with Gasteiger partial charge in [-0.3, -0.25) is 4.90 Å². The SMILES string of the molecule is O=C(O)c1cc2cc(CN3CC=C(C(F)(F)F)CC3)ccc2o1. The van der Waals surface area contributed by atoms with Gasteiger partial charge in [-0.25, -0.2) is 4.79 Å². The molecular weight excluding hydrogens is 311 g/mol. The van der Waals surface area contributed by atoms with E-state index in [0.717, 1.165) is 5.56 Å². The van der Waals surface area contributed by atoms with Crippen molar-refractivity contribution in [2.24, 2.45) is 0 Å². The van der Waals surface area contributed by atoms with Gasteiger partial charge in [-0.15, -0.1) is 0 Å². The van der Waals surface area contributed by atoms with Crippen LogP contribution < -0.4 is 0 Å². The molecule has 2 aromatic rings. The van der Waals surface area contributed by atoms with E-state index in [1.165, 1.54) is 12.1 Å². The summed E-state index contributed by atoms with van der Waals surface area (Å²) in [6, 6.07) is 6.71. The third-order valence-electron chi connectivity index (χ3n) is 3.86. The number of hydrogen-bond acceptors (Lipinski definition) is 3. The maximum atomic E-state index is 12.6. The lowest BCUT2D eigenvalue weighted by molar-refractivity contribution is -0.0960. The van der Waals surface area contributed by atoms with Gasteiger partial charge in [-0.05, 0) is 30.2 Å². The van der Waals surface area contributed by atoms with E-state index in [2.05, 4.69) is 0 Å². The minimum absolute atomic E-state index is 0.0133. The third-order valence-corrected chi connectivity index (χ3v) is 3.86. The van der Waals surface area contributed by atoms with Crippen LogP contribution in [-0.4, -0.2) is 35.2 Å². The zero-order chi connectivity index (χ0) is 16.6. The van der Waals surface area contributed by atoms with Gasteiger partial charge in [0.1, 0.15) is 5.58 Å². The summed E-state index contributed by atoms with van der Waals surface area (Å²) in [4.78, 5) is 12.8. The number of benzene rings is 1. The highest BCUT2D eigenvalue weighted by Gasteiger charge is 2.34. The molecular formula is C16H14F3NO3. The first kappa shape index (κ1) is 15.6. The van der Waals surface area contributed by atoms with Crippen molar-refractivity contribution < 1.29 is 27.5 Å². The molecule has 0 saturated carbocycles. The molecule has 1 aliphatic rings. The standard InChI is InChI=1S/C16H14F3NO3/c17-16(18,19)12-3-5-20(6-4-12)9-10-1-2-13-11(7-10)8-14(23-13)15(21)22/h1-3,7-8H,4-6,9H2,(H,21,22). The first-order chi connectivity index (χ1) is 10.8. The lowest BCUT2D eigenvalue weighted by Crippen LogP contribution is -2.31. The molecule has 0 aliphatic carbocycles. The molecule has 0 fully saturated rings. The smallest absolute Gasteiger partial charge is 0.412 e. The number of halogens is 3. The van der Waals surface area contributed by atoms with Crippen LogP contribution in [0.3, 0.4) is 0 Å². The van der Waals surface area contributed by atoms with Crippen molar-refractivity contribution in [3.05, 3.63) is 47.2 Å². The minimum Gasteiger partial charge on any atom is -0.475 e. The normalized spacial score (nSPS) is 16.6. The molecule has 0 atom stereocenters. The topological polar surface area (TPSA) is 53.7 Å².